The molecule has 0 amide bonds. The molecule has 1 aromatic heterocycles. The van der Waals surface area contributed by atoms with Gasteiger partial charge >= 0.3 is 0 Å². The quantitative estimate of drug-likeness (QED) is 0.691. The molecule has 1 aromatic rings. The van der Waals surface area contributed by atoms with Gasteiger partial charge in [-0.2, -0.15) is 0 Å². The molecule has 0 saturated carbocycles. The van der Waals surface area contributed by atoms with E-state index < -0.39 is 0 Å². The van der Waals surface area contributed by atoms with E-state index in [1.807, 2.05) is 6.92 Å². The van der Waals surface area contributed by atoms with Gasteiger partial charge in [0.1, 0.15) is 0 Å². The van der Waals surface area contributed by atoms with Crippen LogP contribution in [0.25, 0.3) is 0 Å². The van der Waals surface area contributed by atoms with Gasteiger partial charge in [-0.1, -0.05) is 0 Å². The van der Waals surface area contributed by atoms with Crippen molar-refractivity contribution in [2.75, 3.05) is 6.79 Å². The molecule has 60 valence electrons. The second-order valence-corrected chi connectivity index (χ2v) is 3.55. The summed E-state index contributed by atoms with van der Waals surface area (Å²) in [5.41, 5.74) is 6.62. The van der Waals surface area contributed by atoms with Crippen LogP contribution in [0, 0.1) is 6.92 Å². The van der Waals surface area contributed by atoms with Gasteiger partial charge < -0.3 is 15.2 Å². The van der Waals surface area contributed by atoms with E-state index in [-0.39, 0.29) is 0 Å². The van der Waals surface area contributed by atoms with Crippen LogP contribution >= 0.6 is 11.3 Å². The van der Waals surface area contributed by atoms with Crippen molar-refractivity contribution < 1.29 is 9.47 Å². The van der Waals surface area contributed by atoms with Crippen molar-refractivity contribution in [3.8, 4) is 10.8 Å². The van der Waals surface area contributed by atoms with Crippen molar-refractivity contribution in [1.29, 1.82) is 0 Å². The smallest absolute Gasteiger partial charge is 0.232 e. The molecule has 0 saturated heterocycles. The van der Waals surface area contributed by atoms with E-state index in [0.717, 1.165) is 16.4 Å². The number of nitrogens with two attached hydrogens (primary N) is 1. The first-order chi connectivity index (χ1) is 5.33. The summed E-state index contributed by atoms with van der Waals surface area (Å²) < 4.78 is 10.5. The van der Waals surface area contributed by atoms with E-state index >= 15 is 0 Å². The van der Waals surface area contributed by atoms with Gasteiger partial charge in [-0.3, -0.25) is 0 Å². The minimum absolute atomic E-state index is 0.342. The summed E-state index contributed by atoms with van der Waals surface area (Å²) in [6, 6.07) is 0. The highest BCUT2D eigenvalue weighted by Gasteiger charge is 2.22. The third-order valence-corrected chi connectivity index (χ3v) is 2.77. The van der Waals surface area contributed by atoms with Crippen LogP contribution in [-0.4, -0.2) is 6.79 Å². The third kappa shape index (κ3) is 0.902. The average molecular weight is 171 g/mol. The van der Waals surface area contributed by atoms with Crippen LogP contribution < -0.4 is 15.2 Å². The standard InChI is InChI=1S/C7H9NO2S/c1-4-5(2-8)6-7(11-4)10-3-9-6/h2-3,8H2,1H3. The highest BCUT2D eigenvalue weighted by atomic mass is 32.1. The van der Waals surface area contributed by atoms with Gasteiger partial charge in [0.15, 0.2) is 5.75 Å². The van der Waals surface area contributed by atoms with Gasteiger partial charge in [0.2, 0.25) is 11.9 Å². The lowest BCUT2D eigenvalue weighted by Gasteiger charge is -1.97. The van der Waals surface area contributed by atoms with Crippen molar-refractivity contribution in [2.24, 2.45) is 5.73 Å². The van der Waals surface area contributed by atoms with Crippen LogP contribution in [0.1, 0.15) is 10.4 Å². The van der Waals surface area contributed by atoms with Gasteiger partial charge in [0, 0.05) is 17.0 Å². The molecule has 0 fully saturated rings. The zero-order chi connectivity index (χ0) is 7.84. The van der Waals surface area contributed by atoms with Gasteiger partial charge in [0.05, 0.1) is 0 Å². The van der Waals surface area contributed by atoms with E-state index in [0.29, 0.717) is 13.3 Å². The molecule has 2 heterocycles. The molecule has 0 aliphatic carbocycles. The van der Waals surface area contributed by atoms with Crippen LogP contribution in [0.5, 0.6) is 10.8 Å². The Morgan fingerprint density at radius 2 is 2.36 bits per heavy atom. The zero-order valence-electron chi connectivity index (χ0n) is 6.22. The lowest BCUT2D eigenvalue weighted by molar-refractivity contribution is 0.175. The number of fused-ring (bicyclic) bond motifs is 1. The Kier molecular flexibility index (Phi) is 1.51. The SMILES string of the molecule is Cc1sc2c(c1CN)OCO2. The van der Waals surface area contributed by atoms with E-state index in [1.54, 1.807) is 11.3 Å². The van der Waals surface area contributed by atoms with Gasteiger partial charge in [0.25, 0.3) is 0 Å². The number of thiophene rings is 1. The Hall–Kier alpha value is -0.740. The summed E-state index contributed by atoms with van der Waals surface area (Å²) in [6.07, 6.45) is 0. The molecule has 0 unspecified atom stereocenters. The van der Waals surface area contributed by atoms with Crippen molar-refractivity contribution in [3.05, 3.63) is 10.4 Å². The molecule has 0 spiro atoms. The summed E-state index contributed by atoms with van der Waals surface area (Å²) in [5.74, 6) is 0.856. The van der Waals surface area contributed by atoms with E-state index in [2.05, 4.69) is 0 Å². The molecule has 0 bridgehead atoms. The number of hydrogen-bond acceptors (Lipinski definition) is 4. The molecule has 0 atom stereocenters. The molecule has 0 aromatic carbocycles. The number of ether oxygens (including phenoxy) is 2. The van der Waals surface area contributed by atoms with E-state index in [9.17, 15) is 0 Å². The van der Waals surface area contributed by atoms with Crippen LogP contribution in [0.2, 0.25) is 0 Å². The highest BCUT2D eigenvalue weighted by Crippen LogP contribution is 2.44. The van der Waals surface area contributed by atoms with Crippen LogP contribution in [0.15, 0.2) is 0 Å². The molecule has 0 radical (unpaired) electrons. The monoisotopic (exact) mass is 171 g/mol. The second kappa shape index (κ2) is 2.39. The third-order valence-electron chi connectivity index (χ3n) is 1.73. The van der Waals surface area contributed by atoms with Crippen LogP contribution in [0.3, 0.4) is 0 Å². The predicted molar refractivity (Wildman–Crippen MR) is 43.1 cm³/mol. The maximum absolute atomic E-state index is 5.54. The Labute approximate surface area is 68.7 Å². The number of rotatable bonds is 1. The molecule has 1 aliphatic heterocycles. The predicted octanol–water partition coefficient (Wildman–Crippen LogP) is 1.24. The fraction of sp³-hybridized carbons (Fsp3) is 0.429. The Morgan fingerprint density at radius 3 is 3.09 bits per heavy atom. The summed E-state index contributed by atoms with van der Waals surface area (Å²) in [4.78, 5) is 1.19. The van der Waals surface area contributed by atoms with Gasteiger partial charge in [-0.25, -0.2) is 0 Å². The van der Waals surface area contributed by atoms with Crippen molar-refractivity contribution in [1.82, 2.24) is 0 Å². The maximum Gasteiger partial charge on any atom is 0.232 e. The Balaban J connectivity index is 2.52. The first-order valence-corrected chi connectivity index (χ1v) is 4.22. The minimum Gasteiger partial charge on any atom is -0.452 e. The molecular weight excluding hydrogens is 162 g/mol. The van der Waals surface area contributed by atoms with Crippen LogP contribution in [0.4, 0.5) is 0 Å². The molecule has 3 nitrogen and oxygen atoms in total. The minimum atomic E-state index is 0.342. The zero-order valence-corrected chi connectivity index (χ0v) is 7.03. The fourth-order valence-corrected chi connectivity index (χ4v) is 2.11. The Morgan fingerprint density at radius 1 is 1.55 bits per heavy atom. The summed E-state index contributed by atoms with van der Waals surface area (Å²) >= 11 is 1.60. The highest BCUT2D eigenvalue weighted by molar-refractivity contribution is 7.14. The number of aryl methyl sites for hydroxylation is 1. The summed E-state index contributed by atoms with van der Waals surface area (Å²) in [5, 5.41) is 0.878. The fourth-order valence-electron chi connectivity index (χ4n) is 1.15. The first-order valence-electron chi connectivity index (χ1n) is 3.41. The average Bonchev–Trinajstić information content (AvgIpc) is 2.46. The molecule has 11 heavy (non-hydrogen) atoms. The largest absolute Gasteiger partial charge is 0.452 e. The van der Waals surface area contributed by atoms with Crippen molar-refractivity contribution in [3.63, 3.8) is 0 Å². The molecule has 2 N–H and O–H groups in total. The van der Waals surface area contributed by atoms with Crippen molar-refractivity contribution in [2.45, 2.75) is 13.5 Å². The molecule has 4 heteroatoms. The van der Waals surface area contributed by atoms with Gasteiger partial charge in [-0.05, 0) is 6.92 Å². The second-order valence-electron chi connectivity index (χ2n) is 2.36. The molecule has 1 aliphatic rings. The lowest BCUT2D eigenvalue weighted by atomic mass is 10.2. The van der Waals surface area contributed by atoms with E-state index in [4.69, 9.17) is 15.2 Å². The molecule has 2 rings (SSSR count). The normalized spacial score (nSPS) is 14.0. The maximum atomic E-state index is 5.54. The van der Waals surface area contributed by atoms with Crippen molar-refractivity contribution >= 4 is 11.3 Å². The lowest BCUT2D eigenvalue weighted by Crippen LogP contribution is -2.00. The number of hydrogen-bond donors (Lipinski definition) is 1. The Bertz CT molecular complexity index is 282. The first kappa shape index (κ1) is 6.94. The topological polar surface area (TPSA) is 44.5 Å². The summed E-state index contributed by atoms with van der Waals surface area (Å²) in [7, 11) is 0. The van der Waals surface area contributed by atoms with Gasteiger partial charge in [-0.15, -0.1) is 11.3 Å². The summed E-state index contributed by atoms with van der Waals surface area (Å²) in [6.45, 7) is 2.90. The van der Waals surface area contributed by atoms with Crippen LogP contribution in [-0.2, 0) is 6.54 Å². The van der Waals surface area contributed by atoms with E-state index in [1.165, 1.54) is 4.88 Å². The molecular formula is C7H9NO2S.